The highest BCUT2D eigenvalue weighted by Gasteiger charge is 2.06. The fourth-order valence-corrected chi connectivity index (χ4v) is 2.05. The molecule has 1 rings (SSSR count). The van der Waals surface area contributed by atoms with E-state index >= 15 is 0 Å². The van der Waals surface area contributed by atoms with E-state index < -0.39 is 10.0 Å². The van der Waals surface area contributed by atoms with Crippen molar-refractivity contribution < 1.29 is 17.9 Å². The average Bonchev–Trinajstić information content (AvgIpc) is 2.38. The van der Waals surface area contributed by atoms with Crippen molar-refractivity contribution in [3.8, 4) is 0 Å². The van der Waals surface area contributed by atoms with E-state index in [0.717, 1.165) is 24.7 Å². The third kappa shape index (κ3) is 6.68. The molecule has 0 atom stereocenters. The number of carbonyl (C=O) groups excluding carboxylic acids is 1. The molecule has 112 valence electrons. The summed E-state index contributed by atoms with van der Waals surface area (Å²) < 4.78 is 29.4. The second-order valence-corrected chi connectivity index (χ2v) is 6.44. The fraction of sp³-hybridized carbons (Fsp3) is 0.500. The van der Waals surface area contributed by atoms with Crippen LogP contribution in [0.25, 0.3) is 0 Å². The van der Waals surface area contributed by atoms with Crippen molar-refractivity contribution in [2.75, 3.05) is 19.4 Å². The number of unbranched alkanes of at least 4 members (excludes halogenated alkanes) is 1. The molecule has 0 aliphatic carbocycles. The van der Waals surface area contributed by atoms with E-state index in [-0.39, 0.29) is 5.97 Å². The van der Waals surface area contributed by atoms with Gasteiger partial charge in [0.1, 0.15) is 0 Å². The van der Waals surface area contributed by atoms with Crippen molar-refractivity contribution in [2.24, 2.45) is 0 Å². The Bertz CT molecular complexity index is 523. The van der Waals surface area contributed by atoms with E-state index in [2.05, 4.69) is 4.72 Å². The van der Waals surface area contributed by atoms with Gasteiger partial charge in [-0.3, -0.25) is 0 Å². The van der Waals surface area contributed by atoms with Crippen molar-refractivity contribution in [1.82, 2.24) is 4.72 Å². The minimum Gasteiger partial charge on any atom is -0.462 e. The lowest BCUT2D eigenvalue weighted by Gasteiger charge is -2.06. The first-order valence-corrected chi connectivity index (χ1v) is 8.52. The zero-order valence-corrected chi connectivity index (χ0v) is 12.7. The normalized spacial score (nSPS) is 11.3. The van der Waals surface area contributed by atoms with Crippen LogP contribution < -0.4 is 4.72 Å². The first-order chi connectivity index (χ1) is 9.42. The number of esters is 1. The number of nitrogens with one attached hydrogen (secondary N) is 1. The van der Waals surface area contributed by atoms with Gasteiger partial charge in [0.15, 0.2) is 0 Å². The van der Waals surface area contributed by atoms with Gasteiger partial charge in [0.25, 0.3) is 0 Å². The van der Waals surface area contributed by atoms with Crippen LogP contribution in [0.15, 0.2) is 24.3 Å². The molecule has 6 heteroatoms. The Kier molecular flexibility index (Phi) is 6.67. The molecule has 0 radical (unpaired) electrons. The molecule has 0 spiro atoms. The SMILES string of the molecule is CCCCOC(=O)c1ccc(CCNS(C)(=O)=O)cc1. The molecule has 0 unspecified atom stereocenters. The van der Waals surface area contributed by atoms with Gasteiger partial charge in [-0.05, 0) is 30.5 Å². The Hall–Kier alpha value is -1.40. The maximum atomic E-state index is 11.7. The topological polar surface area (TPSA) is 72.5 Å². The molecule has 0 aromatic heterocycles. The summed E-state index contributed by atoms with van der Waals surface area (Å²) in [6, 6.07) is 7.01. The van der Waals surface area contributed by atoms with Crippen LogP contribution in [0.2, 0.25) is 0 Å². The van der Waals surface area contributed by atoms with E-state index in [1.54, 1.807) is 24.3 Å². The molecule has 0 saturated heterocycles. The Labute approximate surface area is 120 Å². The second-order valence-electron chi connectivity index (χ2n) is 4.60. The van der Waals surface area contributed by atoms with Crippen molar-refractivity contribution >= 4 is 16.0 Å². The molecule has 0 bridgehead atoms. The molecule has 1 aromatic carbocycles. The maximum Gasteiger partial charge on any atom is 0.338 e. The lowest BCUT2D eigenvalue weighted by molar-refractivity contribution is 0.0499. The molecule has 0 amide bonds. The molecular weight excluding hydrogens is 278 g/mol. The summed E-state index contributed by atoms with van der Waals surface area (Å²) in [4.78, 5) is 11.7. The quantitative estimate of drug-likeness (QED) is 0.586. The molecule has 0 saturated carbocycles. The van der Waals surface area contributed by atoms with Crippen LogP contribution in [0.4, 0.5) is 0 Å². The van der Waals surface area contributed by atoms with Gasteiger partial charge in [0.2, 0.25) is 10.0 Å². The standard InChI is InChI=1S/C14H21NO4S/c1-3-4-11-19-14(16)13-7-5-12(6-8-13)9-10-15-20(2,17)18/h5-8,15H,3-4,9-11H2,1-2H3. The molecule has 1 N–H and O–H groups in total. The molecule has 0 fully saturated rings. The largest absolute Gasteiger partial charge is 0.462 e. The van der Waals surface area contributed by atoms with Gasteiger partial charge in [0.05, 0.1) is 18.4 Å². The van der Waals surface area contributed by atoms with Gasteiger partial charge in [-0.2, -0.15) is 0 Å². The first-order valence-electron chi connectivity index (χ1n) is 6.63. The highest BCUT2D eigenvalue weighted by molar-refractivity contribution is 7.88. The Balaban J connectivity index is 2.45. The molecule has 1 aromatic rings. The van der Waals surface area contributed by atoms with Gasteiger partial charge >= 0.3 is 5.97 Å². The summed E-state index contributed by atoms with van der Waals surface area (Å²) in [5.41, 5.74) is 1.48. The Morgan fingerprint density at radius 3 is 2.45 bits per heavy atom. The van der Waals surface area contributed by atoms with Crippen LogP contribution >= 0.6 is 0 Å². The van der Waals surface area contributed by atoms with E-state index in [0.29, 0.717) is 25.1 Å². The van der Waals surface area contributed by atoms with Crippen LogP contribution in [0.5, 0.6) is 0 Å². The summed E-state index contributed by atoms with van der Waals surface area (Å²) in [6.45, 7) is 2.82. The van der Waals surface area contributed by atoms with Gasteiger partial charge in [-0.15, -0.1) is 0 Å². The smallest absolute Gasteiger partial charge is 0.338 e. The third-order valence-electron chi connectivity index (χ3n) is 2.70. The monoisotopic (exact) mass is 299 g/mol. The van der Waals surface area contributed by atoms with Gasteiger partial charge in [-0.1, -0.05) is 25.5 Å². The average molecular weight is 299 g/mol. The van der Waals surface area contributed by atoms with Crippen molar-refractivity contribution in [3.05, 3.63) is 35.4 Å². The lowest BCUT2D eigenvalue weighted by atomic mass is 10.1. The van der Waals surface area contributed by atoms with Crippen molar-refractivity contribution in [2.45, 2.75) is 26.2 Å². The number of benzene rings is 1. The van der Waals surface area contributed by atoms with E-state index in [9.17, 15) is 13.2 Å². The summed E-state index contributed by atoms with van der Waals surface area (Å²) in [5.74, 6) is -0.320. The Morgan fingerprint density at radius 2 is 1.90 bits per heavy atom. The van der Waals surface area contributed by atoms with E-state index in [1.165, 1.54) is 0 Å². The number of hydrogen-bond acceptors (Lipinski definition) is 4. The molecule has 0 heterocycles. The fourth-order valence-electron chi connectivity index (χ4n) is 1.58. The highest BCUT2D eigenvalue weighted by atomic mass is 32.2. The first kappa shape index (κ1) is 16.7. The van der Waals surface area contributed by atoms with Gasteiger partial charge in [0, 0.05) is 6.54 Å². The minimum absolute atomic E-state index is 0.320. The zero-order chi connectivity index (χ0) is 15.0. The predicted octanol–water partition coefficient (Wildman–Crippen LogP) is 1.74. The van der Waals surface area contributed by atoms with E-state index in [1.807, 2.05) is 6.92 Å². The summed E-state index contributed by atoms with van der Waals surface area (Å²) >= 11 is 0. The zero-order valence-electron chi connectivity index (χ0n) is 11.9. The second kappa shape index (κ2) is 8.01. The number of sulfonamides is 1. The van der Waals surface area contributed by atoms with Crippen LogP contribution in [-0.4, -0.2) is 33.8 Å². The molecule has 20 heavy (non-hydrogen) atoms. The number of ether oxygens (including phenoxy) is 1. The predicted molar refractivity (Wildman–Crippen MR) is 78.2 cm³/mol. The Morgan fingerprint density at radius 1 is 1.25 bits per heavy atom. The van der Waals surface area contributed by atoms with Crippen LogP contribution in [0, 0.1) is 0 Å². The summed E-state index contributed by atoms with van der Waals surface area (Å²) in [6.07, 6.45) is 3.56. The molecule has 0 aliphatic rings. The van der Waals surface area contributed by atoms with Crippen molar-refractivity contribution in [1.29, 1.82) is 0 Å². The van der Waals surface area contributed by atoms with Crippen molar-refractivity contribution in [3.63, 3.8) is 0 Å². The van der Waals surface area contributed by atoms with Gasteiger partial charge in [-0.25, -0.2) is 17.9 Å². The maximum absolute atomic E-state index is 11.7. The number of carbonyl (C=O) groups is 1. The highest BCUT2D eigenvalue weighted by Crippen LogP contribution is 2.07. The summed E-state index contributed by atoms with van der Waals surface area (Å²) in [5, 5.41) is 0. The molecular formula is C14H21NO4S. The van der Waals surface area contributed by atoms with E-state index in [4.69, 9.17) is 4.74 Å². The number of hydrogen-bond donors (Lipinski definition) is 1. The number of rotatable bonds is 8. The molecule has 5 nitrogen and oxygen atoms in total. The third-order valence-corrected chi connectivity index (χ3v) is 3.43. The minimum atomic E-state index is -3.15. The molecule has 0 aliphatic heterocycles. The van der Waals surface area contributed by atoms with Gasteiger partial charge < -0.3 is 4.74 Å². The van der Waals surface area contributed by atoms with Crippen LogP contribution in [0.1, 0.15) is 35.7 Å². The van der Waals surface area contributed by atoms with Crippen LogP contribution in [0.3, 0.4) is 0 Å². The van der Waals surface area contributed by atoms with Crippen LogP contribution in [-0.2, 0) is 21.2 Å². The lowest BCUT2D eigenvalue weighted by Crippen LogP contribution is -2.24. The summed E-state index contributed by atoms with van der Waals surface area (Å²) in [7, 11) is -3.15.